The molecule has 0 aromatic heterocycles. The standard InChI is InChI=1S/C24H33N3O5S/c1-17(27-15-18(2)32-19(3)16-27)14-25-24(28)20-10-12-21(13-11-20)33(29,30)26(4)22-8-6-7-9-23(22)31-5/h6-13,17-19H,14-16H2,1-5H3,(H,25,28)/t17-,18-,19-/m0/s1. The van der Waals surface area contributed by atoms with Crippen molar-refractivity contribution in [2.75, 3.05) is 38.1 Å². The highest BCUT2D eigenvalue weighted by Gasteiger charge is 2.26. The molecule has 180 valence electrons. The molecule has 0 spiro atoms. The van der Waals surface area contributed by atoms with Crippen molar-refractivity contribution in [3.05, 3.63) is 54.1 Å². The maximum absolute atomic E-state index is 13.1. The molecule has 0 unspecified atom stereocenters. The van der Waals surface area contributed by atoms with Gasteiger partial charge in [-0.2, -0.15) is 0 Å². The largest absolute Gasteiger partial charge is 0.495 e. The Hall–Kier alpha value is -2.62. The van der Waals surface area contributed by atoms with Gasteiger partial charge in [0.25, 0.3) is 15.9 Å². The van der Waals surface area contributed by atoms with E-state index in [1.165, 1.54) is 42.7 Å². The molecule has 0 saturated carbocycles. The number of carbonyl (C=O) groups is 1. The third-order valence-electron chi connectivity index (χ3n) is 5.83. The lowest BCUT2D eigenvalue weighted by atomic mass is 10.1. The zero-order chi connectivity index (χ0) is 24.2. The zero-order valence-corrected chi connectivity index (χ0v) is 20.6. The number of hydrogen-bond donors (Lipinski definition) is 1. The number of morpholine rings is 1. The fraction of sp³-hybridized carbons (Fsp3) is 0.458. The van der Waals surface area contributed by atoms with E-state index in [0.717, 1.165) is 13.1 Å². The van der Waals surface area contributed by atoms with Gasteiger partial charge in [-0.3, -0.25) is 14.0 Å². The van der Waals surface area contributed by atoms with Gasteiger partial charge < -0.3 is 14.8 Å². The molecule has 9 heteroatoms. The van der Waals surface area contributed by atoms with Crippen molar-refractivity contribution in [2.45, 2.75) is 43.9 Å². The van der Waals surface area contributed by atoms with Gasteiger partial charge in [0, 0.05) is 38.3 Å². The second kappa shape index (κ2) is 10.5. The number of rotatable bonds is 8. The predicted octanol–water partition coefficient (Wildman–Crippen LogP) is 2.75. The highest BCUT2D eigenvalue weighted by Crippen LogP contribution is 2.30. The average Bonchev–Trinajstić information content (AvgIpc) is 2.81. The number of sulfonamides is 1. The summed E-state index contributed by atoms with van der Waals surface area (Å²) in [5, 5.41) is 2.95. The molecule has 0 radical (unpaired) electrons. The summed E-state index contributed by atoms with van der Waals surface area (Å²) in [6.45, 7) is 8.33. The fourth-order valence-electron chi connectivity index (χ4n) is 4.00. The van der Waals surface area contributed by atoms with Gasteiger partial charge in [0.1, 0.15) is 5.75 Å². The molecule has 33 heavy (non-hydrogen) atoms. The summed E-state index contributed by atoms with van der Waals surface area (Å²) in [7, 11) is -0.846. The summed E-state index contributed by atoms with van der Waals surface area (Å²) >= 11 is 0. The Morgan fingerprint density at radius 3 is 2.36 bits per heavy atom. The number of anilines is 1. The van der Waals surface area contributed by atoms with E-state index in [1.807, 2.05) is 0 Å². The van der Waals surface area contributed by atoms with Gasteiger partial charge >= 0.3 is 0 Å². The normalized spacial score (nSPS) is 20.2. The summed E-state index contributed by atoms with van der Waals surface area (Å²) in [5.41, 5.74) is 0.840. The molecule has 1 saturated heterocycles. The topological polar surface area (TPSA) is 88.2 Å². The van der Waals surface area contributed by atoms with Gasteiger partial charge in [0.2, 0.25) is 0 Å². The number of amides is 1. The lowest BCUT2D eigenvalue weighted by Gasteiger charge is -2.39. The van der Waals surface area contributed by atoms with Crippen LogP contribution in [-0.4, -0.2) is 71.3 Å². The molecule has 2 aromatic rings. The molecule has 0 bridgehead atoms. The van der Waals surface area contributed by atoms with Gasteiger partial charge in [-0.15, -0.1) is 0 Å². The number of hydrogen-bond acceptors (Lipinski definition) is 6. The quantitative estimate of drug-likeness (QED) is 0.632. The summed E-state index contributed by atoms with van der Waals surface area (Å²) in [6.07, 6.45) is 0.325. The second-order valence-corrected chi connectivity index (χ2v) is 10.4. The van der Waals surface area contributed by atoms with Crippen molar-refractivity contribution in [1.29, 1.82) is 0 Å². The first-order valence-corrected chi connectivity index (χ1v) is 12.5. The van der Waals surface area contributed by atoms with E-state index in [2.05, 4.69) is 31.0 Å². The fourth-order valence-corrected chi connectivity index (χ4v) is 5.21. The van der Waals surface area contributed by atoms with E-state index in [0.29, 0.717) is 23.5 Å². The Labute approximate surface area is 196 Å². The van der Waals surface area contributed by atoms with Gasteiger partial charge in [-0.05, 0) is 57.2 Å². The maximum Gasteiger partial charge on any atom is 0.264 e. The third-order valence-corrected chi connectivity index (χ3v) is 7.61. The Morgan fingerprint density at radius 1 is 1.15 bits per heavy atom. The molecule has 3 rings (SSSR count). The van der Waals surface area contributed by atoms with Crippen LogP contribution in [0.15, 0.2) is 53.4 Å². The molecule has 3 atom stereocenters. The lowest BCUT2D eigenvalue weighted by molar-refractivity contribution is -0.0778. The first-order valence-electron chi connectivity index (χ1n) is 11.0. The Kier molecular flexibility index (Phi) is 7.99. The van der Waals surface area contributed by atoms with Crippen molar-refractivity contribution < 1.29 is 22.7 Å². The van der Waals surface area contributed by atoms with Gasteiger partial charge in [0.15, 0.2) is 0 Å². The van der Waals surface area contributed by atoms with Crippen LogP contribution in [-0.2, 0) is 14.8 Å². The molecular weight excluding hydrogens is 442 g/mol. The molecule has 0 aliphatic carbocycles. The van der Waals surface area contributed by atoms with E-state index in [1.54, 1.807) is 24.3 Å². The van der Waals surface area contributed by atoms with Crippen LogP contribution in [0.4, 0.5) is 5.69 Å². The molecule has 1 amide bonds. The molecule has 2 aromatic carbocycles. The van der Waals surface area contributed by atoms with Crippen molar-refractivity contribution in [1.82, 2.24) is 10.2 Å². The number of nitrogens with one attached hydrogen (secondary N) is 1. The zero-order valence-electron chi connectivity index (χ0n) is 19.8. The molecule has 1 aliphatic rings. The summed E-state index contributed by atoms with van der Waals surface area (Å²) < 4.78 is 38.4. The highest BCUT2D eigenvalue weighted by molar-refractivity contribution is 7.92. The van der Waals surface area contributed by atoms with Crippen molar-refractivity contribution in [3.63, 3.8) is 0 Å². The molecule has 8 nitrogen and oxygen atoms in total. The van der Waals surface area contributed by atoms with Crippen molar-refractivity contribution in [3.8, 4) is 5.75 Å². The molecular formula is C24H33N3O5S. The lowest BCUT2D eigenvalue weighted by Crippen LogP contribution is -2.52. The number of benzene rings is 2. The third kappa shape index (κ3) is 5.85. The molecule has 1 heterocycles. The van der Waals surface area contributed by atoms with Gasteiger partial charge in [0.05, 0.1) is 29.9 Å². The summed E-state index contributed by atoms with van der Waals surface area (Å²) in [6, 6.07) is 13.0. The van der Waals surface area contributed by atoms with Crippen LogP contribution in [0.5, 0.6) is 5.75 Å². The first-order chi connectivity index (χ1) is 15.6. The monoisotopic (exact) mass is 475 g/mol. The number of carbonyl (C=O) groups excluding carboxylic acids is 1. The predicted molar refractivity (Wildman–Crippen MR) is 128 cm³/mol. The first kappa shape index (κ1) is 25.0. The van der Waals surface area contributed by atoms with Gasteiger partial charge in [-0.25, -0.2) is 8.42 Å². The Bertz CT molecular complexity index is 1050. The smallest absolute Gasteiger partial charge is 0.264 e. The van der Waals surface area contributed by atoms with E-state index in [9.17, 15) is 13.2 Å². The number of para-hydroxylation sites is 2. The highest BCUT2D eigenvalue weighted by atomic mass is 32.2. The molecule has 1 fully saturated rings. The van der Waals surface area contributed by atoms with E-state index in [4.69, 9.17) is 9.47 Å². The SMILES string of the molecule is COc1ccccc1N(C)S(=O)(=O)c1ccc(C(=O)NC[C@H](C)N2C[C@H](C)O[C@@H](C)C2)cc1. The number of methoxy groups -OCH3 is 1. The maximum atomic E-state index is 13.1. The molecule has 1 N–H and O–H groups in total. The van der Waals surface area contributed by atoms with Crippen LogP contribution >= 0.6 is 0 Å². The minimum atomic E-state index is -3.81. The van der Waals surface area contributed by atoms with E-state index < -0.39 is 10.0 Å². The van der Waals surface area contributed by atoms with Crippen LogP contribution < -0.4 is 14.4 Å². The van der Waals surface area contributed by atoms with Crippen LogP contribution in [0.2, 0.25) is 0 Å². The van der Waals surface area contributed by atoms with E-state index in [-0.39, 0.29) is 29.1 Å². The van der Waals surface area contributed by atoms with Crippen molar-refractivity contribution in [2.24, 2.45) is 0 Å². The minimum absolute atomic E-state index is 0.0946. The van der Waals surface area contributed by atoms with E-state index >= 15 is 0 Å². The van der Waals surface area contributed by atoms with Crippen molar-refractivity contribution >= 4 is 21.6 Å². The van der Waals surface area contributed by atoms with Crippen LogP contribution in [0.1, 0.15) is 31.1 Å². The summed E-state index contributed by atoms with van der Waals surface area (Å²) in [5.74, 6) is 0.219. The average molecular weight is 476 g/mol. The second-order valence-electron chi connectivity index (χ2n) is 8.44. The Balaban J connectivity index is 1.65. The van der Waals surface area contributed by atoms with Crippen LogP contribution in [0.25, 0.3) is 0 Å². The van der Waals surface area contributed by atoms with Gasteiger partial charge in [-0.1, -0.05) is 12.1 Å². The molecule has 1 aliphatic heterocycles. The van der Waals surface area contributed by atoms with Crippen LogP contribution in [0.3, 0.4) is 0 Å². The minimum Gasteiger partial charge on any atom is -0.495 e. The van der Waals surface area contributed by atoms with Crippen LogP contribution in [0, 0.1) is 0 Å². The Morgan fingerprint density at radius 2 is 1.76 bits per heavy atom. The number of ether oxygens (including phenoxy) is 2. The summed E-state index contributed by atoms with van der Waals surface area (Å²) in [4.78, 5) is 15.0. The number of nitrogens with zero attached hydrogens (tertiary/aromatic N) is 2.